The largest absolute Gasteiger partial charge is 0.337 e. The standard InChI is InChI=1S/C20H28ClN3O3/c1-14-12-22(7-8-23(14)20(25)9-16-5-3-4-6-16)13-17-10-18(21)11-19(15(17)2)24(26)27/h10-11,14,16H,3-9,12-13H2,1-2H3. The van der Waals surface area contributed by atoms with Crippen LogP contribution in [0.5, 0.6) is 0 Å². The smallest absolute Gasteiger partial charge is 0.274 e. The molecule has 6 nitrogen and oxygen atoms in total. The number of nitro groups is 1. The van der Waals surface area contributed by atoms with E-state index in [-0.39, 0.29) is 22.6 Å². The Morgan fingerprint density at radius 2 is 2.00 bits per heavy atom. The van der Waals surface area contributed by atoms with Crippen LogP contribution in [0.1, 0.15) is 50.2 Å². The highest BCUT2D eigenvalue weighted by Crippen LogP contribution is 2.30. The molecule has 0 spiro atoms. The summed E-state index contributed by atoms with van der Waals surface area (Å²) in [6, 6.07) is 3.37. The van der Waals surface area contributed by atoms with Crippen LogP contribution < -0.4 is 0 Å². The maximum absolute atomic E-state index is 12.7. The Bertz CT molecular complexity index is 719. The summed E-state index contributed by atoms with van der Waals surface area (Å²) in [6.45, 7) is 6.74. The van der Waals surface area contributed by atoms with Gasteiger partial charge in [-0.05, 0) is 44.2 Å². The molecule has 27 heavy (non-hydrogen) atoms. The molecule has 0 aromatic heterocycles. The Morgan fingerprint density at radius 1 is 1.30 bits per heavy atom. The van der Waals surface area contributed by atoms with Gasteiger partial charge in [0.25, 0.3) is 5.69 Å². The number of benzene rings is 1. The predicted octanol–water partition coefficient (Wildman–Crippen LogP) is 4.17. The first kappa shape index (κ1) is 20.1. The number of amides is 1. The van der Waals surface area contributed by atoms with Crippen molar-refractivity contribution in [2.45, 2.75) is 58.5 Å². The van der Waals surface area contributed by atoms with Gasteiger partial charge in [-0.15, -0.1) is 0 Å². The Labute approximate surface area is 165 Å². The molecule has 0 bridgehead atoms. The Hall–Kier alpha value is -1.66. The third kappa shape index (κ3) is 4.79. The maximum Gasteiger partial charge on any atom is 0.274 e. The molecule has 1 saturated heterocycles. The summed E-state index contributed by atoms with van der Waals surface area (Å²) in [4.78, 5) is 27.8. The molecule has 1 unspecified atom stereocenters. The number of rotatable bonds is 5. The van der Waals surface area contributed by atoms with Gasteiger partial charge in [-0.1, -0.05) is 24.4 Å². The van der Waals surface area contributed by atoms with Crippen molar-refractivity contribution < 1.29 is 9.72 Å². The molecule has 1 aliphatic heterocycles. The van der Waals surface area contributed by atoms with Crippen molar-refractivity contribution in [3.05, 3.63) is 38.4 Å². The lowest BCUT2D eigenvalue weighted by atomic mass is 10.0. The first-order valence-corrected chi connectivity index (χ1v) is 10.2. The van der Waals surface area contributed by atoms with E-state index in [2.05, 4.69) is 11.8 Å². The normalized spacial score (nSPS) is 21.6. The first-order chi connectivity index (χ1) is 12.8. The highest BCUT2D eigenvalue weighted by Gasteiger charge is 2.30. The zero-order valence-corrected chi connectivity index (χ0v) is 16.9. The molecule has 2 fully saturated rings. The Balaban J connectivity index is 1.61. The summed E-state index contributed by atoms with van der Waals surface area (Å²) in [5.74, 6) is 0.848. The highest BCUT2D eigenvalue weighted by molar-refractivity contribution is 6.30. The lowest BCUT2D eigenvalue weighted by molar-refractivity contribution is -0.385. The van der Waals surface area contributed by atoms with Crippen molar-refractivity contribution in [2.24, 2.45) is 5.92 Å². The number of nitrogens with zero attached hydrogens (tertiary/aromatic N) is 3. The van der Waals surface area contributed by atoms with Gasteiger partial charge in [0.1, 0.15) is 0 Å². The second-order valence-corrected chi connectivity index (χ2v) is 8.43. The third-order valence-corrected chi connectivity index (χ3v) is 6.23. The van der Waals surface area contributed by atoms with E-state index in [1.807, 2.05) is 11.0 Å². The van der Waals surface area contributed by atoms with Gasteiger partial charge < -0.3 is 4.90 Å². The van der Waals surface area contributed by atoms with Crippen molar-refractivity contribution in [1.29, 1.82) is 0 Å². The van der Waals surface area contributed by atoms with E-state index in [4.69, 9.17) is 11.6 Å². The van der Waals surface area contributed by atoms with Crippen LogP contribution >= 0.6 is 11.6 Å². The number of halogens is 1. The van der Waals surface area contributed by atoms with E-state index in [1.165, 1.54) is 31.7 Å². The van der Waals surface area contributed by atoms with Gasteiger partial charge in [-0.2, -0.15) is 0 Å². The molecular weight excluding hydrogens is 366 g/mol. The number of carbonyl (C=O) groups excluding carboxylic acids is 1. The fourth-order valence-electron chi connectivity index (χ4n) is 4.44. The molecular formula is C20H28ClN3O3. The summed E-state index contributed by atoms with van der Waals surface area (Å²) in [5.41, 5.74) is 1.61. The number of hydrogen-bond donors (Lipinski definition) is 0. The van der Waals surface area contributed by atoms with E-state index in [0.29, 0.717) is 36.0 Å². The number of carbonyl (C=O) groups is 1. The summed E-state index contributed by atoms with van der Waals surface area (Å²) >= 11 is 6.08. The summed E-state index contributed by atoms with van der Waals surface area (Å²) in [5, 5.41) is 11.6. The van der Waals surface area contributed by atoms with E-state index in [9.17, 15) is 14.9 Å². The Morgan fingerprint density at radius 3 is 2.63 bits per heavy atom. The van der Waals surface area contributed by atoms with E-state index in [1.54, 1.807) is 6.92 Å². The van der Waals surface area contributed by atoms with Gasteiger partial charge in [0.15, 0.2) is 0 Å². The van der Waals surface area contributed by atoms with Gasteiger partial charge >= 0.3 is 0 Å². The molecule has 0 N–H and O–H groups in total. The van der Waals surface area contributed by atoms with Crippen molar-refractivity contribution in [1.82, 2.24) is 9.80 Å². The molecule has 2 aliphatic rings. The monoisotopic (exact) mass is 393 g/mol. The molecule has 3 rings (SSSR count). The number of piperazine rings is 1. The average Bonchev–Trinajstić information content (AvgIpc) is 3.10. The van der Waals surface area contributed by atoms with Gasteiger partial charge in [-0.3, -0.25) is 19.8 Å². The van der Waals surface area contributed by atoms with Gasteiger partial charge in [-0.25, -0.2) is 0 Å². The lowest BCUT2D eigenvalue weighted by Crippen LogP contribution is -2.53. The highest BCUT2D eigenvalue weighted by atomic mass is 35.5. The maximum atomic E-state index is 12.7. The Kier molecular flexibility index (Phi) is 6.37. The fourth-order valence-corrected chi connectivity index (χ4v) is 4.68. The van der Waals surface area contributed by atoms with Crippen LogP contribution in [0.4, 0.5) is 5.69 Å². The van der Waals surface area contributed by atoms with Crippen LogP contribution in [0.2, 0.25) is 5.02 Å². The molecule has 1 aliphatic carbocycles. The topological polar surface area (TPSA) is 66.7 Å². The molecule has 1 atom stereocenters. The molecule has 0 radical (unpaired) electrons. The van der Waals surface area contributed by atoms with Crippen LogP contribution in [-0.2, 0) is 11.3 Å². The van der Waals surface area contributed by atoms with Crippen LogP contribution in [0.3, 0.4) is 0 Å². The van der Waals surface area contributed by atoms with Crippen molar-refractivity contribution in [2.75, 3.05) is 19.6 Å². The zero-order valence-electron chi connectivity index (χ0n) is 16.1. The molecule has 1 heterocycles. The van der Waals surface area contributed by atoms with Crippen LogP contribution in [0.15, 0.2) is 12.1 Å². The van der Waals surface area contributed by atoms with Gasteiger partial charge in [0.2, 0.25) is 5.91 Å². The summed E-state index contributed by atoms with van der Waals surface area (Å²) in [7, 11) is 0. The average molecular weight is 394 g/mol. The first-order valence-electron chi connectivity index (χ1n) is 9.80. The van der Waals surface area contributed by atoms with Crippen molar-refractivity contribution in [3.63, 3.8) is 0 Å². The minimum atomic E-state index is -0.382. The molecule has 1 aromatic carbocycles. The second kappa shape index (κ2) is 8.57. The van der Waals surface area contributed by atoms with E-state index in [0.717, 1.165) is 18.7 Å². The molecule has 1 amide bonds. The molecule has 1 saturated carbocycles. The number of nitro benzene ring substituents is 1. The SMILES string of the molecule is Cc1c(CN2CCN(C(=O)CC3CCCC3)C(C)C2)cc(Cl)cc1[N+](=O)[O-]. The third-order valence-electron chi connectivity index (χ3n) is 6.01. The molecule has 1 aromatic rings. The molecule has 7 heteroatoms. The van der Waals surface area contributed by atoms with E-state index < -0.39 is 0 Å². The summed E-state index contributed by atoms with van der Waals surface area (Å²) < 4.78 is 0. The minimum Gasteiger partial charge on any atom is -0.337 e. The van der Waals surface area contributed by atoms with Crippen LogP contribution in [0.25, 0.3) is 0 Å². The van der Waals surface area contributed by atoms with Crippen molar-refractivity contribution in [3.8, 4) is 0 Å². The lowest BCUT2D eigenvalue weighted by Gasteiger charge is -2.40. The van der Waals surface area contributed by atoms with Crippen molar-refractivity contribution >= 4 is 23.2 Å². The van der Waals surface area contributed by atoms with Gasteiger partial charge in [0, 0.05) is 55.3 Å². The minimum absolute atomic E-state index is 0.0657. The predicted molar refractivity (Wildman–Crippen MR) is 106 cm³/mol. The van der Waals surface area contributed by atoms with Crippen LogP contribution in [-0.4, -0.2) is 46.3 Å². The van der Waals surface area contributed by atoms with E-state index >= 15 is 0 Å². The fraction of sp³-hybridized carbons (Fsp3) is 0.650. The molecule has 148 valence electrons. The van der Waals surface area contributed by atoms with Gasteiger partial charge in [0.05, 0.1) is 4.92 Å². The van der Waals surface area contributed by atoms with Crippen LogP contribution in [0, 0.1) is 23.0 Å². The quantitative estimate of drug-likeness (QED) is 0.556. The second-order valence-electron chi connectivity index (χ2n) is 7.99. The summed E-state index contributed by atoms with van der Waals surface area (Å²) in [6.07, 6.45) is 5.57. The number of hydrogen-bond acceptors (Lipinski definition) is 4. The zero-order chi connectivity index (χ0) is 19.6.